The highest BCUT2D eigenvalue weighted by atomic mass is 16.7. The fourth-order valence-electron chi connectivity index (χ4n) is 7.93. The van der Waals surface area contributed by atoms with Gasteiger partial charge < -0.3 is 64.2 Å². The number of unbranched alkanes of at least 4 members (excludes halogenated alkanes) is 23. The Bertz CT molecular complexity index is 1080. The Morgan fingerprint density at radius 1 is 0.516 bits per heavy atom. The first-order chi connectivity index (χ1) is 30.1. The third kappa shape index (κ3) is 24.9. The maximum absolute atomic E-state index is 13.0. The van der Waals surface area contributed by atoms with Crippen LogP contribution in [0.15, 0.2) is 12.2 Å². The standard InChI is InChI=1S/C48H90O14/c1-3-5-7-9-11-13-14-15-16-17-18-19-20-21-22-23-25-27-29-31-40(50)60-37(34-57-32-30-28-26-24-12-10-8-6-4-2)35-58-47-46(56)44(54)42(52)39(62-47)36-59-48-45(55)43(53)41(51)38(33-49)61-48/h15-16,37-39,41-49,51-56H,3-14,17-36H2,1-2H3/b16-15-. The third-order valence-electron chi connectivity index (χ3n) is 12.0. The number of esters is 1. The van der Waals surface area contributed by atoms with Crippen LogP contribution in [0.25, 0.3) is 0 Å². The van der Waals surface area contributed by atoms with Gasteiger partial charge in [0.25, 0.3) is 0 Å². The van der Waals surface area contributed by atoms with Gasteiger partial charge in [-0.15, -0.1) is 0 Å². The molecule has 14 heteroatoms. The lowest BCUT2D eigenvalue weighted by Crippen LogP contribution is -2.61. The smallest absolute Gasteiger partial charge is 0.306 e. The molecule has 0 aliphatic carbocycles. The molecule has 2 fully saturated rings. The summed E-state index contributed by atoms with van der Waals surface area (Å²) in [7, 11) is 0. The zero-order chi connectivity index (χ0) is 45.2. The van der Waals surface area contributed by atoms with E-state index in [4.69, 9.17) is 28.4 Å². The largest absolute Gasteiger partial charge is 0.457 e. The van der Waals surface area contributed by atoms with Crippen molar-refractivity contribution in [2.45, 2.75) is 255 Å². The zero-order valence-corrected chi connectivity index (χ0v) is 38.6. The van der Waals surface area contributed by atoms with Crippen molar-refractivity contribution in [3.05, 3.63) is 12.2 Å². The van der Waals surface area contributed by atoms with Crippen LogP contribution in [0.1, 0.15) is 187 Å². The number of aliphatic hydroxyl groups is 7. The second kappa shape index (κ2) is 36.9. The normalized spacial score (nSPS) is 27.2. The highest BCUT2D eigenvalue weighted by Crippen LogP contribution is 2.26. The number of hydrogen-bond donors (Lipinski definition) is 7. The first-order valence-corrected chi connectivity index (χ1v) is 24.8. The molecular weight excluding hydrogens is 801 g/mol. The zero-order valence-electron chi connectivity index (χ0n) is 38.6. The lowest BCUT2D eigenvalue weighted by Gasteiger charge is -2.42. The van der Waals surface area contributed by atoms with Crippen LogP contribution < -0.4 is 0 Å². The van der Waals surface area contributed by atoms with Crippen LogP contribution in [0.2, 0.25) is 0 Å². The summed E-state index contributed by atoms with van der Waals surface area (Å²) in [6.45, 7) is 3.68. The Hall–Kier alpha value is -1.27. The summed E-state index contributed by atoms with van der Waals surface area (Å²) in [5.74, 6) is -0.377. The summed E-state index contributed by atoms with van der Waals surface area (Å²) in [4.78, 5) is 13.0. The van der Waals surface area contributed by atoms with Gasteiger partial charge in [-0.3, -0.25) is 4.79 Å². The molecule has 0 bridgehead atoms. The molecule has 366 valence electrons. The molecule has 0 aromatic rings. The summed E-state index contributed by atoms with van der Waals surface area (Å²) in [5.41, 5.74) is 0. The molecule has 2 aliphatic heterocycles. The van der Waals surface area contributed by atoms with Gasteiger partial charge in [0, 0.05) is 13.0 Å². The predicted molar refractivity (Wildman–Crippen MR) is 238 cm³/mol. The minimum Gasteiger partial charge on any atom is -0.457 e. The Labute approximate surface area is 374 Å². The van der Waals surface area contributed by atoms with Crippen LogP contribution in [0, 0.1) is 0 Å². The van der Waals surface area contributed by atoms with Crippen molar-refractivity contribution in [3.63, 3.8) is 0 Å². The summed E-state index contributed by atoms with van der Waals surface area (Å²) in [6, 6.07) is 0. The van der Waals surface area contributed by atoms with Gasteiger partial charge in [-0.05, 0) is 38.5 Å². The third-order valence-corrected chi connectivity index (χ3v) is 12.0. The van der Waals surface area contributed by atoms with Crippen molar-refractivity contribution in [1.82, 2.24) is 0 Å². The number of rotatable bonds is 39. The number of carbonyl (C=O) groups excluding carboxylic acids is 1. The van der Waals surface area contributed by atoms with E-state index in [1.54, 1.807) is 0 Å². The molecule has 7 N–H and O–H groups in total. The van der Waals surface area contributed by atoms with Crippen LogP contribution in [-0.2, 0) is 33.2 Å². The van der Waals surface area contributed by atoms with E-state index in [0.29, 0.717) is 13.0 Å². The Balaban J connectivity index is 1.74. The van der Waals surface area contributed by atoms with E-state index in [-0.39, 0.29) is 25.6 Å². The average Bonchev–Trinajstić information content (AvgIpc) is 3.27. The molecule has 2 aliphatic rings. The van der Waals surface area contributed by atoms with Crippen LogP contribution in [0.4, 0.5) is 0 Å². The second-order valence-electron chi connectivity index (χ2n) is 17.6. The number of aliphatic hydroxyl groups excluding tert-OH is 7. The molecule has 11 unspecified atom stereocenters. The van der Waals surface area contributed by atoms with Gasteiger partial charge in [0.05, 0.1) is 26.4 Å². The van der Waals surface area contributed by atoms with Crippen molar-refractivity contribution in [2.24, 2.45) is 0 Å². The van der Waals surface area contributed by atoms with Crippen LogP contribution in [0.5, 0.6) is 0 Å². The predicted octanol–water partition coefficient (Wildman–Crippen LogP) is 6.68. The lowest BCUT2D eigenvalue weighted by atomic mass is 9.98. The Morgan fingerprint density at radius 3 is 1.47 bits per heavy atom. The Morgan fingerprint density at radius 2 is 0.952 bits per heavy atom. The summed E-state index contributed by atoms with van der Waals surface area (Å²) in [5, 5.41) is 71.9. The highest BCUT2D eigenvalue weighted by Gasteiger charge is 2.47. The summed E-state index contributed by atoms with van der Waals surface area (Å²) < 4.78 is 34.2. The molecular formula is C48H90O14. The van der Waals surface area contributed by atoms with E-state index in [9.17, 15) is 40.5 Å². The molecule has 2 heterocycles. The minimum atomic E-state index is -1.70. The topological polar surface area (TPSA) is 214 Å². The highest BCUT2D eigenvalue weighted by molar-refractivity contribution is 5.69. The van der Waals surface area contributed by atoms with E-state index in [1.165, 1.54) is 122 Å². The fourth-order valence-corrected chi connectivity index (χ4v) is 7.93. The molecule has 0 amide bonds. The van der Waals surface area contributed by atoms with Crippen molar-refractivity contribution < 1.29 is 69.0 Å². The van der Waals surface area contributed by atoms with Crippen molar-refractivity contribution in [1.29, 1.82) is 0 Å². The monoisotopic (exact) mass is 891 g/mol. The van der Waals surface area contributed by atoms with E-state index >= 15 is 0 Å². The average molecular weight is 891 g/mol. The van der Waals surface area contributed by atoms with Crippen molar-refractivity contribution in [3.8, 4) is 0 Å². The van der Waals surface area contributed by atoms with Gasteiger partial charge in [0.15, 0.2) is 12.6 Å². The molecule has 14 nitrogen and oxygen atoms in total. The van der Waals surface area contributed by atoms with E-state index in [0.717, 1.165) is 38.5 Å². The number of allylic oxidation sites excluding steroid dienone is 2. The molecule has 11 atom stereocenters. The van der Waals surface area contributed by atoms with Gasteiger partial charge in [-0.25, -0.2) is 0 Å². The van der Waals surface area contributed by atoms with Gasteiger partial charge >= 0.3 is 5.97 Å². The van der Waals surface area contributed by atoms with Crippen LogP contribution >= 0.6 is 0 Å². The maximum atomic E-state index is 13.0. The number of ether oxygens (including phenoxy) is 6. The van der Waals surface area contributed by atoms with Gasteiger partial charge in [-0.1, -0.05) is 154 Å². The van der Waals surface area contributed by atoms with Crippen LogP contribution in [0.3, 0.4) is 0 Å². The molecule has 0 aromatic heterocycles. The molecule has 0 spiro atoms. The summed E-state index contributed by atoms with van der Waals surface area (Å²) in [6.07, 6.45) is 20.0. The second-order valence-corrected chi connectivity index (χ2v) is 17.6. The van der Waals surface area contributed by atoms with E-state index in [2.05, 4.69) is 26.0 Å². The minimum absolute atomic E-state index is 0.0654. The Kier molecular flexibility index (Phi) is 33.8. The van der Waals surface area contributed by atoms with Crippen LogP contribution in [-0.4, -0.2) is 142 Å². The summed E-state index contributed by atoms with van der Waals surface area (Å²) >= 11 is 0. The quantitative estimate of drug-likeness (QED) is 0.0195. The van der Waals surface area contributed by atoms with Crippen molar-refractivity contribution >= 4 is 5.97 Å². The SMILES string of the molecule is CCCCCCCC/C=C\CCCCCCCCCCCC(=O)OC(COCCCCCCCCCCC)COC1OC(COC2OC(CO)C(O)C(O)C2O)C(O)C(O)C1O. The first kappa shape index (κ1) is 56.9. The van der Waals surface area contributed by atoms with E-state index in [1.807, 2.05) is 0 Å². The fraction of sp³-hybridized carbons (Fsp3) is 0.938. The van der Waals surface area contributed by atoms with Gasteiger partial charge in [-0.2, -0.15) is 0 Å². The molecule has 0 radical (unpaired) electrons. The van der Waals surface area contributed by atoms with E-state index < -0.39 is 80.7 Å². The molecule has 0 aromatic carbocycles. The van der Waals surface area contributed by atoms with Gasteiger partial charge in [0.2, 0.25) is 0 Å². The van der Waals surface area contributed by atoms with Crippen molar-refractivity contribution in [2.75, 3.05) is 33.0 Å². The lowest BCUT2D eigenvalue weighted by molar-refractivity contribution is -0.332. The number of carbonyl (C=O) groups is 1. The molecule has 2 rings (SSSR count). The molecule has 62 heavy (non-hydrogen) atoms. The van der Waals surface area contributed by atoms with Gasteiger partial charge in [0.1, 0.15) is 54.9 Å². The molecule has 2 saturated heterocycles. The maximum Gasteiger partial charge on any atom is 0.306 e. The number of hydrogen-bond acceptors (Lipinski definition) is 14. The molecule has 0 saturated carbocycles. The first-order valence-electron chi connectivity index (χ1n) is 24.8.